The third-order valence-electron chi connectivity index (χ3n) is 4.05. The minimum atomic E-state index is -0.920. The summed E-state index contributed by atoms with van der Waals surface area (Å²) >= 11 is 1.49. The SMILES string of the molecule is Nc1ccc(C2(C(=O)N3CSC[C@H]3C(=O)O)CC2)cc1. The van der Waals surface area contributed by atoms with Crippen molar-refractivity contribution in [3.63, 3.8) is 0 Å². The summed E-state index contributed by atoms with van der Waals surface area (Å²) < 4.78 is 0. The molecule has 3 rings (SSSR count). The van der Waals surface area contributed by atoms with Gasteiger partial charge >= 0.3 is 5.97 Å². The van der Waals surface area contributed by atoms with Crippen molar-refractivity contribution in [3.8, 4) is 0 Å². The first-order chi connectivity index (χ1) is 9.54. The molecule has 5 nitrogen and oxygen atoms in total. The van der Waals surface area contributed by atoms with E-state index in [2.05, 4.69) is 0 Å². The molecule has 0 unspecified atom stereocenters. The first kappa shape index (κ1) is 13.3. The number of benzene rings is 1. The molecule has 2 aliphatic rings. The Morgan fingerprint density at radius 3 is 2.50 bits per heavy atom. The molecule has 1 aliphatic carbocycles. The largest absolute Gasteiger partial charge is 0.480 e. The Morgan fingerprint density at radius 1 is 1.30 bits per heavy atom. The molecule has 0 bridgehead atoms. The fourth-order valence-corrected chi connectivity index (χ4v) is 3.82. The topological polar surface area (TPSA) is 83.6 Å². The first-order valence-corrected chi connectivity index (χ1v) is 7.68. The van der Waals surface area contributed by atoms with Crippen molar-refractivity contribution in [2.45, 2.75) is 24.3 Å². The van der Waals surface area contributed by atoms with Crippen LogP contribution in [0.1, 0.15) is 18.4 Å². The molecule has 0 aromatic heterocycles. The molecular weight excluding hydrogens is 276 g/mol. The summed E-state index contributed by atoms with van der Waals surface area (Å²) in [7, 11) is 0. The molecule has 0 radical (unpaired) electrons. The Hall–Kier alpha value is -1.69. The number of amides is 1. The number of nitrogens with two attached hydrogens (primary N) is 1. The highest BCUT2D eigenvalue weighted by Gasteiger charge is 2.55. The van der Waals surface area contributed by atoms with E-state index in [0.29, 0.717) is 17.3 Å². The lowest BCUT2D eigenvalue weighted by molar-refractivity contribution is -0.148. The lowest BCUT2D eigenvalue weighted by atomic mass is 9.93. The van der Waals surface area contributed by atoms with Crippen LogP contribution < -0.4 is 5.73 Å². The van der Waals surface area contributed by atoms with Crippen molar-refractivity contribution in [1.29, 1.82) is 0 Å². The number of thioether (sulfide) groups is 1. The second-order valence-corrected chi connectivity index (χ2v) is 6.33. The highest BCUT2D eigenvalue weighted by atomic mass is 32.2. The molecule has 1 heterocycles. The van der Waals surface area contributed by atoms with Crippen LogP contribution in [0.3, 0.4) is 0 Å². The number of hydrogen-bond acceptors (Lipinski definition) is 4. The van der Waals surface area contributed by atoms with Gasteiger partial charge < -0.3 is 15.7 Å². The fraction of sp³-hybridized carbons (Fsp3) is 0.429. The van der Waals surface area contributed by atoms with Crippen LogP contribution in [-0.4, -0.2) is 39.6 Å². The van der Waals surface area contributed by atoms with Gasteiger partial charge in [0.05, 0.1) is 11.3 Å². The summed E-state index contributed by atoms with van der Waals surface area (Å²) in [5.41, 5.74) is 6.76. The molecule has 1 aliphatic heterocycles. The molecule has 3 N–H and O–H groups in total. The van der Waals surface area contributed by atoms with Crippen molar-refractivity contribution in [2.75, 3.05) is 17.4 Å². The maximum absolute atomic E-state index is 12.7. The number of hydrogen-bond donors (Lipinski definition) is 2. The van der Waals surface area contributed by atoms with Crippen molar-refractivity contribution >= 4 is 29.3 Å². The van der Waals surface area contributed by atoms with Crippen molar-refractivity contribution < 1.29 is 14.7 Å². The zero-order valence-corrected chi connectivity index (χ0v) is 11.7. The van der Waals surface area contributed by atoms with Gasteiger partial charge in [0.1, 0.15) is 6.04 Å². The van der Waals surface area contributed by atoms with Gasteiger partial charge in [0.15, 0.2) is 0 Å². The normalized spacial score (nSPS) is 23.6. The van der Waals surface area contributed by atoms with Gasteiger partial charge in [-0.2, -0.15) is 0 Å². The van der Waals surface area contributed by atoms with Gasteiger partial charge in [-0.3, -0.25) is 4.79 Å². The highest BCUT2D eigenvalue weighted by molar-refractivity contribution is 7.99. The lowest BCUT2D eigenvalue weighted by Gasteiger charge is -2.26. The number of nitrogens with zero attached hydrogens (tertiary/aromatic N) is 1. The van der Waals surface area contributed by atoms with Crippen LogP contribution in [0.2, 0.25) is 0 Å². The van der Waals surface area contributed by atoms with E-state index in [4.69, 9.17) is 5.73 Å². The second kappa shape index (κ2) is 4.70. The number of carbonyl (C=O) groups is 2. The Labute approximate surface area is 121 Å². The van der Waals surface area contributed by atoms with Gasteiger partial charge in [0, 0.05) is 11.4 Å². The van der Waals surface area contributed by atoms with Crippen LogP contribution >= 0.6 is 11.8 Å². The van der Waals surface area contributed by atoms with Gasteiger partial charge in [-0.05, 0) is 30.5 Å². The van der Waals surface area contributed by atoms with Crippen LogP contribution in [0, 0.1) is 0 Å². The number of carboxylic acids is 1. The molecular formula is C14H16N2O3S. The Balaban J connectivity index is 1.86. The predicted octanol–water partition coefficient (Wildman–Crippen LogP) is 1.29. The molecule has 1 amide bonds. The highest BCUT2D eigenvalue weighted by Crippen LogP contribution is 2.50. The molecule has 0 spiro atoms. The number of nitrogen functional groups attached to an aromatic ring is 1. The Bertz CT molecular complexity index is 554. The monoisotopic (exact) mass is 292 g/mol. The summed E-state index contributed by atoms with van der Waals surface area (Å²) in [6.07, 6.45) is 1.56. The minimum Gasteiger partial charge on any atom is -0.480 e. The lowest BCUT2D eigenvalue weighted by Crippen LogP contribution is -2.46. The van der Waals surface area contributed by atoms with Gasteiger partial charge in [-0.25, -0.2) is 4.79 Å². The van der Waals surface area contributed by atoms with Gasteiger partial charge in [-0.15, -0.1) is 11.8 Å². The molecule has 1 aromatic rings. The van der Waals surface area contributed by atoms with E-state index in [1.165, 1.54) is 16.7 Å². The second-order valence-electron chi connectivity index (χ2n) is 5.33. The molecule has 1 saturated carbocycles. The van der Waals surface area contributed by atoms with E-state index in [9.17, 15) is 14.7 Å². The Kier molecular flexibility index (Phi) is 3.12. The fourth-order valence-electron chi connectivity index (χ4n) is 2.68. The summed E-state index contributed by atoms with van der Waals surface area (Å²) in [6, 6.07) is 6.63. The molecule has 1 atom stereocenters. The quantitative estimate of drug-likeness (QED) is 0.820. The molecule has 1 aromatic carbocycles. The van der Waals surface area contributed by atoms with Gasteiger partial charge in [-0.1, -0.05) is 12.1 Å². The van der Waals surface area contributed by atoms with Crippen LogP contribution in [0.15, 0.2) is 24.3 Å². The summed E-state index contributed by atoms with van der Waals surface area (Å²) in [5, 5.41) is 9.20. The molecule has 106 valence electrons. The maximum atomic E-state index is 12.7. The minimum absolute atomic E-state index is 0.0559. The van der Waals surface area contributed by atoms with Crippen LogP contribution in [0.4, 0.5) is 5.69 Å². The van der Waals surface area contributed by atoms with Gasteiger partial charge in [0.2, 0.25) is 5.91 Å². The van der Waals surface area contributed by atoms with E-state index < -0.39 is 17.4 Å². The molecule has 6 heteroatoms. The summed E-state index contributed by atoms with van der Waals surface area (Å²) in [5.74, 6) is -0.0399. The van der Waals surface area contributed by atoms with Crippen LogP contribution in [-0.2, 0) is 15.0 Å². The van der Waals surface area contributed by atoms with Crippen molar-refractivity contribution in [1.82, 2.24) is 4.90 Å². The zero-order chi connectivity index (χ0) is 14.3. The van der Waals surface area contributed by atoms with Crippen molar-refractivity contribution in [2.24, 2.45) is 0 Å². The molecule has 1 saturated heterocycles. The van der Waals surface area contributed by atoms with Gasteiger partial charge in [0.25, 0.3) is 0 Å². The smallest absolute Gasteiger partial charge is 0.327 e. The van der Waals surface area contributed by atoms with E-state index >= 15 is 0 Å². The number of anilines is 1. The predicted molar refractivity (Wildman–Crippen MR) is 77.4 cm³/mol. The number of rotatable bonds is 3. The number of carbonyl (C=O) groups excluding carboxylic acids is 1. The van der Waals surface area contributed by atoms with E-state index in [1.54, 1.807) is 12.1 Å². The summed E-state index contributed by atoms with van der Waals surface area (Å²) in [4.78, 5) is 25.5. The van der Waals surface area contributed by atoms with Crippen LogP contribution in [0.5, 0.6) is 0 Å². The average Bonchev–Trinajstić information content (AvgIpc) is 3.08. The number of aliphatic carboxylic acids is 1. The van der Waals surface area contributed by atoms with Crippen molar-refractivity contribution in [3.05, 3.63) is 29.8 Å². The Morgan fingerprint density at radius 2 is 1.95 bits per heavy atom. The van der Waals surface area contributed by atoms with E-state index in [0.717, 1.165) is 18.4 Å². The van der Waals surface area contributed by atoms with E-state index in [-0.39, 0.29) is 5.91 Å². The number of carboxylic acid groups (broad SMARTS) is 1. The van der Waals surface area contributed by atoms with E-state index in [1.807, 2.05) is 12.1 Å². The molecule has 20 heavy (non-hydrogen) atoms. The third-order valence-corrected chi connectivity index (χ3v) is 5.06. The molecule has 2 fully saturated rings. The summed E-state index contributed by atoms with van der Waals surface area (Å²) in [6.45, 7) is 0. The standard InChI is InChI=1S/C14H16N2O3S/c15-10-3-1-9(2-4-10)14(5-6-14)13(19)16-8-20-7-11(16)12(17)18/h1-4,11H,5-8,15H2,(H,17,18)/t11-/m0/s1. The average molecular weight is 292 g/mol. The maximum Gasteiger partial charge on any atom is 0.327 e. The first-order valence-electron chi connectivity index (χ1n) is 6.52. The third kappa shape index (κ3) is 2.04. The zero-order valence-electron chi connectivity index (χ0n) is 10.9. The van der Waals surface area contributed by atoms with Crippen LogP contribution in [0.25, 0.3) is 0 Å².